The van der Waals surface area contributed by atoms with E-state index >= 15 is 0 Å². The molecule has 2 N–H and O–H groups in total. The molecule has 0 aliphatic carbocycles. The average Bonchev–Trinajstić information content (AvgIpc) is 2.77. The summed E-state index contributed by atoms with van der Waals surface area (Å²) in [6.45, 7) is 1.41. The molecular weight excluding hydrogens is 233 g/mol. The minimum atomic E-state index is -1.57. The summed E-state index contributed by atoms with van der Waals surface area (Å²) >= 11 is 0. The fourth-order valence-corrected chi connectivity index (χ4v) is 1.73. The Labute approximate surface area is 96.0 Å². The lowest BCUT2D eigenvalue weighted by Crippen LogP contribution is -2.36. The van der Waals surface area contributed by atoms with Crippen molar-refractivity contribution in [3.63, 3.8) is 0 Å². The van der Waals surface area contributed by atoms with Gasteiger partial charge in [-0.1, -0.05) is 0 Å². The van der Waals surface area contributed by atoms with Crippen molar-refractivity contribution >= 4 is 5.91 Å². The first-order chi connectivity index (χ1) is 8.08. The zero-order valence-electron chi connectivity index (χ0n) is 8.90. The van der Waals surface area contributed by atoms with E-state index in [9.17, 15) is 18.0 Å². The lowest BCUT2D eigenvalue weighted by atomic mass is 10.1. The first-order valence-electron chi connectivity index (χ1n) is 5.24. The summed E-state index contributed by atoms with van der Waals surface area (Å²) in [6.07, 6.45) is 0.762. The number of rotatable bonds is 2. The predicted molar refractivity (Wildman–Crippen MR) is 55.1 cm³/mol. The molecule has 1 aromatic carbocycles. The Hall–Kier alpha value is -1.56. The highest BCUT2D eigenvalue weighted by atomic mass is 19.2. The molecule has 1 aliphatic rings. The summed E-state index contributed by atoms with van der Waals surface area (Å²) < 4.78 is 38.5. The summed E-state index contributed by atoms with van der Waals surface area (Å²) in [5, 5.41) is 5.65. The molecule has 0 bridgehead atoms. The molecule has 3 nitrogen and oxygen atoms in total. The second-order valence-corrected chi connectivity index (χ2v) is 3.92. The van der Waals surface area contributed by atoms with Crippen molar-refractivity contribution in [1.82, 2.24) is 10.6 Å². The van der Waals surface area contributed by atoms with Gasteiger partial charge in [0.25, 0.3) is 5.91 Å². The highest BCUT2D eigenvalue weighted by molar-refractivity contribution is 5.94. The van der Waals surface area contributed by atoms with Gasteiger partial charge in [0.2, 0.25) is 0 Å². The van der Waals surface area contributed by atoms with E-state index in [0.29, 0.717) is 18.7 Å². The van der Waals surface area contributed by atoms with Gasteiger partial charge in [0.1, 0.15) is 0 Å². The zero-order valence-corrected chi connectivity index (χ0v) is 8.90. The molecule has 0 saturated carbocycles. The molecular formula is C11H11F3N2O. The molecule has 6 heteroatoms. The van der Waals surface area contributed by atoms with Gasteiger partial charge < -0.3 is 10.6 Å². The highest BCUT2D eigenvalue weighted by Crippen LogP contribution is 2.14. The summed E-state index contributed by atoms with van der Waals surface area (Å²) in [5.74, 6) is -4.89. The maximum atomic E-state index is 12.9. The van der Waals surface area contributed by atoms with Crippen LogP contribution in [-0.2, 0) is 0 Å². The first kappa shape index (κ1) is 11.9. The van der Waals surface area contributed by atoms with Crippen molar-refractivity contribution in [3.8, 4) is 0 Å². The molecule has 1 amide bonds. The minimum absolute atomic E-state index is 0.0568. The van der Waals surface area contributed by atoms with Crippen LogP contribution in [0.25, 0.3) is 0 Å². The number of hydrogen-bond donors (Lipinski definition) is 2. The van der Waals surface area contributed by atoms with E-state index in [1.807, 2.05) is 0 Å². The monoisotopic (exact) mass is 244 g/mol. The maximum absolute atomic E-state index is 12.9. The Morgan fingerprint density at radius 2 is 1.94 bits per heavy atom. The van der Waals surface area contributed by atoms with Gasteiger partial charge in [0.15, 0.2) is 17.5 Å². The van der Waals surface area contributed by atoms with E-state index in [0.717, 1.165) is 13.0 Å². The summed E-state index contributed by atoms with van der Waals surface area (Å²) in [4.78, 5) is 11.6. The second kappa shape index (κ2) is 4.75. The molecule has 2 rings (SSSR count). The Kier molecular flexibility index (Phi) is 3.33. The van der Waals surface area contributed by atoms with Gasteiger partial charge in [0.05, 0.1) is 0 Å². The number of hydrogen-bond acceptors (Lipinski definition) is 2. The van der Waals surface area contributed by atoms with E-state index in [1.165, 1.54) is 0 Å². The number of carbonyl (C=O) groups is 1. The van der Waals surface area contributed by atoms with E-state index in [4.69, 9.17) is 0 Å². The summed E-state index contributed by atoms with van der Waals surface area (Å²) in [7, 11) is 0. The highest BCUT2D eigenvalue weighted by Gasteiger charge is 2.20. The summed E-state index contributed by atoms with van der Waals surface area (Å²) in [6, 6.07) is 1.32. The van der Waals surface area contributed by atoms with Crippen molar-refractivity contribution in [2.24, 2.45) is 0 Å². The largest absolute Gasteiger partial charge is 0.348 e. The standard InChI is InChI=1S/C11H11F3N2O/c12-8-3-6(4-9(13)10(8)14)11(17)16-7-1-2-15-5-7/h3-4,7,15H,1-2,5H2,(H,16,17). The number of amides is 1. The Balaban J connectivity index is 2.13. The molecule has 17 heavy (non-hydrogen) atoms. The van der Waals surface area contributed by atoms with E-state index in [-0.39, 0.29) is 11.6 Å². The van der Waals surface area contributed by atoms with Crippen LogP contribution < -0.4 is 10.6 Å². The van der Waals surface area contributed by atoms with Crippen LogP contribution in [-0.4, -0.2) is 25.0 Å². The molecule has 1 atom stereocenters. The molecule has 1 aromatic rings. The third-order valence-electron chi connectivity index (χ3n) is 2.64. The van der Waals surface area contributed by atoms with Gasteiger partial charge in [-0.15, -0.1) is 0 Å². The number of halogens is 3. The molecule has 1 heterocycles. The second-order valence-electron chi connectivity index (χ2n) is 3.92. The predicted octanol–water partition coefficient (Wildman–Crippen LogP) is 1.20. The SMILES string of the molecule is O=C(NC1CCNC1)c1cc(F)c(F)c(F)c1. The zero-order chi connectivity index (χ0) is 12.4. The fraction of sp³-hybridized carbons (Fsp3) is 0.364. The molecule has 0 spiro atoms. The first-order valence-corrected chi connectivity index (χ1v) is 5.24. The van der Waals surface area contributed by atoms with Crippen LogP contribution in [0.5, 0.6) is 0 Å². The summed E-state index contributed by atoms with van der Waals surface area (Å²) in [5.41, 5.74) is -0.215. The van der Waals surface area contributed by atoms with Crippen LogP contribution in [0.1, 0.15) is 16.8 Å². The molecule has 1 saturated heterocycles. The van der Waals surface area contributed by atoms with Gasteiger partial charge in [0, 0.05) is 18.2 Å². The lowest BCUT2D eigenvalue weighted by molar-refractivity contribution is 0.0939. The Morgan fingerprint density at radius 1 is 1.29 bits per heavy atom. The lowest BCUT2D eigenvalue weighted by Gasteiger charge is -2.11. The Bertz CT molecular complexity index is 421. The van der Waals surface area contributed by atoms with Crippen molar-refractivity contribution in [2.45, 2.75) is 12.5 Å². The molecule has 1 aliphatic heterocycles. The molecule has 0 radical (unpaired) electrons. The molecule has 1 fully saturated rings. The number of carbonyl (C=O) groups excluding carboxylic acids is 1. The third kappa shape index (κ3) is 2.58. The van der Waals surface area contributed by atoms with Crippen LogP contribution in [0.15, 0.2) is 12.1 Å². The number of nitrogens with one attached hydrogen (secondary N) is 2. The van der Waals surface area contributed by atoms with Gasteiger partial charge in [-0.25, -0.2) is 13.2 Å². The van der Waals surface area contributed by atoms with E-state index < -0.39 is 23.4 Å². The van der Waals surface area contributed by atoms with Crippen molar-refractivity contribution < 1.29 is 18.0 Å². The van der Waals surface area contributed by atoms with Crippen LogP contribution in [0.2, 0.25) is 0 Å². The number of benzene rings is 1. The van der Waals surface area contributed by atoms with Crippen LogP contribution in [0.4, 0.5) is 13.2 Å². The minimum Gasteiger partial charge on any atom is -0.348 e. The molecule has 92 valence electrons. The van der Waals surface area contributed by atoms with Gasteiger partial charge in [-0.2, -0.15) is 0 Å². The van der Waals surface area contributed by atoms with Crippen LogP contribution in [0.3, 0.4) is 0 Å². The molecule has 0 aromatic heterocycles. The Morgan fingerprint density at radius 3 is 2.47 bits per heavy atom. The normalized spacial score (nSPS) is 19.4. The van der Waals surface area contributed by atoms with Crippen molar-refractivity contribution in [2.75, 3.05) is 13.1 Å². The van der Waals surface area contributed by atoms with E-state index in [2.05, 4.69) is 10.6 Å². The average molecular weight is 244 g/mol. The van der Waals surface area contributed by atoms with E-state index in [1.54, 1.807) is 0 Å². The third-order valence-corrected chi connectivity index (χ3v) is 2.64. The van der Waals surface area contributed by atoms with Crippen LogP contribution in [0, 0.1) is 17.5 Å². The molecule has 1 unspecified atom stereocenters. The quantitative estimate of drug-likeness (QED) is 0.767. The fourth-order valence-electron chi connectivity index (χ4n) is 1.73. The van der Waals surface area contributed by atoms with Crippen LogP contribution >= 0.6 is 0 Å². The van der Waals surface area contributed by atoms with Gasteiger partial charge in [-0.3, -0.25) is 4.79 Å². The maximum Gasteiger partial charge on any atom is 0.251 e. The van der Waals surface area contributed by atoms with Gasteiger partial charge >= 0.3 is 0 Å². The van der Waals surface area contributed by atoms with Gasteiger partial charge in [-0.05, 0) is 25.1 Å². The van der Waals surface area contributed by atoms with Crippen molar-refractivity contribution in [1.29, 1.82) is 0 Å². The van der Waals surface area contributed by atoms with Crippen molar-refractivity contribution in [3.05, 3.63) is 35.1 Å². The topological polar surface area (TPSA) is 41.1 Å². The smallest absolute Gasteiger partial charge is 0.251 e.